The summed E-state index contributed by atoms with van der Waals surface area (Å²) in [5.74, 6) is 0.411. The SMILES string of the molecule is CCCCCOc1ccc([N+](=O)[O-])cc1C#N. The zero-order chi connectivity index (χ0) is 12.7. The Balaban J connectivity index is 2.73. The smallest absolute Gasteiger partial charge is 0.271 e. The molecule has 90 valence electrons. The van der Waals surface area contributed by atoms with E-state index in [1.807, 2.05) is 6.07 Å². The third-order valence-corrected chi connectivity index (χ3v) is 2.30. The quantitative estimate of drug-likeness (QED) is 0.430. The molecule has 0 saturated carbocycles. The lowest BCUT2D eigenvalue weighted by molar-refractivity contribution is -0.384. The molecule has 0 radical (unpaired) electrons. The van der Waals surface area contributed by atoms with Gasteiger partial charge in [-0.1, -0.05) is 19.8 Å². The van der Waals surface area contributed by atoms with Gasteiger partial charge < -0.3 is 4.74 Å². The van der Waals surface area contributed by atoms with Gasteiger partial charge in [-0.05, 0) is 12.5 Å². The van der Waals surface area contributed by atoms with E-state index >= 15 is 0 Å². The minimum atomic E-state index is -0.526. The minimum Gasteiger partial charge on any atom is -0.492 e. The molecule has 0 saturated heterocycles. The van der Waals surface area contributed by atoms with Crippen LogP contribution in [0.2, 0.25) is 0 Å². The van der Waals surface area contributed by atoms with Gasteiger partial charge in [0, 0.05) is 12.1 Å². The van der Waals surface area contributed by atoms with Crippen LogP contribution < -0.4 is 4.74 Å². The molecule has 0 bridgehead atoms. The predicted molar refractivity (Wildman–Crippen MR) is 62.8 cm³/mol. The highest BCUT2D eigenvalue weighted by Crippen LogP contribution is 2.23. The molecule has 0 atom stereocenters. The summed E-state index contributed by atoms with van der Waals surface area (Å²) in [6.07, 6.45) is 3.07. The first-order chi connectivity index (χ1) is 8.19. The number of ether oxygens (including phenoxy) is 1. The Kier molecular flexibility index (Phi) is 4.95. The van der Waals surface area contributed by atoms with Crippen LogP contribution in [0, 0.1) is 21.4 Å². The van der Waals surface area contributed by atoms with Gasteiger partial charge in [0.25, 0.3) is 5.69 Å². The summed E-state index contributed by atoms with van der Waals surface area (Å²) in [5.41, 5.74) is 0.109. The molecule has 0 unspecified atom stereocenters. The van der Waals surface area contributed by atoms with Gasteiger partial charge in [0.15, 0.2) is 0 Å². The van der Waals surface area contributed by atoms with E-state index < -0.39 is 4.92 Å². The summed E-state index contributed by atoms with van der Waals surface area (Å²) >= 11 is 0. The van der Waals surface area contributed by atoms with Crippen LogP contribution in [0.5, 0.6) is 5.75 Å². The molecule has 0 spiro atoms. The number of hydrogen-bond acceptors (Lipinski definition) is 4. The van der Waals surface area contributed by atoms with Crippen molar-refractivity contribution in [2.45, 2.75) is 26.2 Å². The number of nitrogens with zero attached hydrogens (tertiary/aromatic N) is 2. The van der Waals surface area contributed by atoms with Crippen molar-refractivity contribution in [3.63, 3.8) is 0 Å². The fraction of sp³-hybridized carbons (Fsp3) is 0.417. The molecule has 5 nitrogen and oxygen atoms in total. The Morgan fingerprint density at radius 3 is 2.82 bits per heavy atom. The number of hydrogen-bond donors (Lipinski definition) is 0. The van der Waals surface area contributed by atoms with E-state index in [-0.39, 0.29) is 11.3 Å². The van der Waals surface area contributed by atoms with Crippen molar-refractivity contribution < 1.29 is 9.66 Å². The first-order valence-corrected chi connectivity index (χ1v) is 5.50. The van der Waals surface area contributed by atoms with Crippen molar-refractivity contribution >= 4 is 5.69 Å². The molecule has 0 aromatic heterocycles. The van der Waals surface area contributed by atoms with Gasteiger partial charge in [0.05, 0.1) is 11.5 Å². The molecule has 1 aromatic carbocycles. The maximum Gasteiger partial charge on any atom is 0.271 e. The first kappa shape index (κ1) is 13.0. The average Bonchev–Trinajstić information content (AvgIpc) is 2.34. The number of benzene rings is 1. The number of non-ortho nitro benzene ring substituents is 1. The van der Waals surface area contributed by atoms with Crippen LogP contribution in [0.25, 0.3) is 0 Å². The lowest BCUT2D eigenvalue weighted by Gasteiger charge is -2.06. The second-order valence-corrected chi connectivity index (χ2v) is 3.60. The molecule has 0 amide bonds. The Bertz CT molecular complexity index is 438. The Morgan fingerprint density at radius 2 is 2.24 bits per heavy atom. The van der Waals surface area contributed by atoms with Crippen molar-refractivity contribution in [3.8, 4) is 11.8 Å². The second-order valence-electron chi connectivity index (χ2n) is 3.60. The summed E-state index contributed by atoms with van der Waals surface area (Å²) in [6.45, 7) is 2.62. The Labute approximate surface area is 99.8 Å². The monoisotopic (exact) mass is 234 g/mol. The van der Waals surface area contributed by atoms with Crippen LogP contribution in [-0.4, -0.2) is 11.5 Å². The molecule has 0 aliphatic carbocycles. The van der Waals surface area contributed by atoms with Crippen LogP contribution in [0.3, 0.4) is 0 Å². The summed E-state index contributed by atoms with van der Waals surface area (Å²) in [6, 6.07) is 5.95. The zero-order valence-electron chi connectivity index (χ0n) is 9.68. The van der Waals surface area contributed by atoms with E-state index in [2.05, 4.69) is 6.92 Å². The lowest BCUT2D eigenvalue weighted by atomic mass is 10.2. The van der Waals surface area contributed by atoms with Gasteiger partial charge in [0.2, 0.25) is 0 Å². The molecule has 0 N–H and O–H groups in total. The van der Waals surface area contributed by atoms with Crippen LogP contribution in [0.4, 0.5) is 5.69 Å². The largest absolute Gasteiger partial charge is 0.492 e. The number of nitro benzene ring substituents is 1. The van der Waals surface area contributed by atoms with Gasteiger partial charge >= 0.3 is 0 Å². The number of unbranched alkanes of at least 4 members (excludes halogenated alkanes) is 2. The molecular weight excluding hydrogens is 220 g/mol. The topological polar surface area (TPSA) is 76.2 Å². The van der Waals surface area contributed by atoms with Crippen molar-refractivity contribution in [2.24, 2.45) is 0 Å². The number of rotatable bonds is 6. The van der Waals surface area contributed by atoms with Crippen molar-refractivity contribution in [3.05, 3.63) is 33.9 Å². The van der Waals surface area contributed by atoms with Gasteiger partial charge in [-0.15, -0.1) is 0 Å². The molecule has 1 rings (SSSR count). The Morgan fingerprint density at radius 1 is 1.47 bits per heavy atom. The third-order valence-electron chi connectivity index (χ3n) is 2.30. The molecule has 0 aliphatic rings. The lowest BCUT2D eigenvalue weighted by Crippen LogP contribution is -1.99. The highest BCUT2D eigenvalue weighted by molar-refractivity contribution is 5.50. The molecule has 17 heavy (non-hydrogen) atoms. The van der Waals surface area contributed by atoms with Crippen LogP contribution in [-0.2, 0) is 0 Å². The van der Waals surface area contributed by atoms with Crippen LogP contribution in [0.15, 0.2) is 18.2 Å². The van der Waals surface area contributed by atoms with Gasteiger partial charge in [-0.3, -0.25) is 10.1 Å². The predicted octanol–water partition coefficient (Wildman–Crippen LogP) is 3.04. The van der Waals surface area contributed by atoms with Gasteiger partial charge in [0.1, 0.15) is 17.4 Å². The fourth-order valence-electron chi connectivity index (χ4n) is 1.38. The van der Waals surface area contributed by atoms with Gasteiger partial charge in [-0.25, -0.2) is 0 Å². The van der Waals surface area contributed by atoms with Crippen molar-refractivity contribution in [1.82, 2.24) is 0 Å². The molecular formula is C12H14N2O3. The molecule has 0 fully saturated rings. The van der Waals surface area contributed by atoms with Crippen LogP contribution in [0.1, 0.15) is 31.7 Å². The van der Waals surface area contributed by atoms with E-state index in [1.165, 1.54) is 18.2 Å². The molecule has 1 aromatic rings. The minimum absolute atomic E-state index is 0.0949. The first-order valence-electron chi connectivity index (χ1n) is 5.50. The normalized spacial score (nSPS) is 9.65. The Hall–Kier alpha value is -2.09. The van der Waals surface area contributed by atoms with Crippen LogP contribution >= 0.6 is 0 Å². The number of nitro groups is 1. The summed E-state index contributed by atoms with van der Waals surface area (Å²) in [5, 5.41) is 19.4. The maximum absolute atomic E-state index is 10.5. The average molecular weight is 234 g/mol. The van der Waals surface area contributed by atoms with E-state index in [9.17, 15) is 10.1 Å². The molecule has 5 heteroatoms. The highest BCUT2D eigenvalue weighted by Gasteiger charge is 2.11. The molecule has 0 aliphatic heterocycles. The fourth-order valence-corrected chi connectivity index (χ4v) is 1.38. The maximum atomic E-state index is 10.5. The van der Waals surface area contributed by atoms with E-state index in [4.69, 9.17) is 10.00 Å². The van der Waals surface area contributed by atoms with Crippen molar-refractivity contribution in [2.75, 3.05) is 6.61 Å². The van der Waals surface area contributed by atoms with E-state index in [1.54, 1.807) is 0 Å². The zero-order valence-corrected chi connectivity index (χ0v) is 9.68. The second kappa shape index (κ2) is 6.48. The number of nitriles is 1. The van der Waals surface area contributed by atoms with E-state index in [0.29, 0.717) is 12.4 Å². The molecule has 0 heterocycles. The van der Waals surface area contributed by atoms with E-state index in [0.717, 1.165) is 19.3 Å². The standard InChI is InChI=1S/C12H14N2O3/c1-2-3-4-7-17-12-6-5-11(14(15)16)8-10(12)9-13/h5-6,8H,2-4,7H2,1H3. The summed E-state index contributed by atoms with van der Waals surface area (Å²) < 4.78 is 5.42. The highest BCUT2D eigenvalue weighted by atomic mass is 16.6. The third kappa shape index (κ3) is 3.76. The van der Waals surface area contributed by atoms with Gasteiger partial charge in [-0.2, -0.15) is 5.26 Å². The van der Waals surface area contributed by atoms with Crippen molar-refractivity contribution in [1.29, 1.82) is 5.26 Å². The summed E-state index contributed by atoms with van der Waals surface area (Å²) in [4.78, 5) is 10.0. The summed E-state index contributed by atoms with van der Waals surface area (Å²) in [7, 11) is 0.